The molecule has 1 aliphatic carbocycles. The van der Waals surface area contributed by atoms with E-state index in [-0.39, 0.29) is 11.9 Å². The van der Waals surface area contributed by atoms with Crippen molar-refractivity contribution in [2.24, 2.45) is 0 Å². The first-order chi connectivity index (χ1) is 11.4. The highest BCUT2D eigenvalue weighted by atomic mass is 35.5. The number of aromatic amines is 1. The molecule has 0 atom stereocenters. The van der Waals surface area contributed by atoms with Crippen molar-refractivity contribution in [2.75, 3.05) is 10.6 Å². The van der Waals surface area contributed by atoms with Crippen molar-refractivity contribution in [3.05, 3.63) is 40.2 Å². The number of rotatable bonds is 4. The lowest BCUT2D eigenvalue weighted by Crippen LogP contribution is -2.26. The van der Waals surface area contributed by atoms with Gasteiger partial charge in [0.1, 0.15) is 0 Å². The van der Waals surface area contributed by atoms with Crippen LogP contribution in [0.15, 0.2) is 18.2 Å². The Morgan fingerprint density at radius 3 is 2.62 bits per heavy atom. The smallest absolute Gasteiger partial charge is 0.323 e. The van der Waals surface area contributed by atoms with Crippen LogP contribution in [-0.2, 0) is 0 Å². The first kappa shape index (κ1) is 16.3. The number of hydrogen-bond donors (Lipinski definition) is 4. The van der Waals surface area contributed by atoms with Crippen molar-refractivity contribution in [3.63, 3.8) is 0 Å². The van der Waals surface area contributed by atoms with Crippen LogP contribution in [0.1, 0.15) is 34.6 Å². The summed E-state index contributed by atoms with van der Waals surface area (Å²) in [5.41, 5.74) is 2.92. The first-order valence-corrected chi connectivity index (χ1v) is 8.02. The number of nitrogens with zero attached hydrogens (tertiary/aromatic N) is 1. The van der Waals surface area contributed by atoms with E-state index in [0.29, 0.717) is 27.7 Å². The summed E-state index contributed by atoms with van der Waals surface area (Å²) < 4.78 is 0. The summed E-state index contributed by atoms with van der Waals surface area (Å²) in [6.45, 7) is 3.61. The molecule has 0 aliphatic heterocycles. The van der Waals surface area contributed by atoms with Crippen LogP contribution >= 0.6 is 11.6 Å². The monoisotopic (exact) mass is 347 g/mol. The summed E-state index contributed by atoms with van der Waals surface area (Å²) >= 11 is 6.09. The van der Waals surface area contributed by atoms with Gasteiger partial charge in [-0.3, -0.25) is 9.89 Å². The van der Waals surface area contributed by atoms with Crippen molar-refractivity contribution in [1.29, 1.82) is 0 Å². The zero-order valence-electron chi connectivity index (χ0n) is 13.4. The number of halogens is 1. The number of aromatic nitrogens is 2. The standard InChI is InChI=1S/C16H18ClN5O2/c1-8-14(9(2)22-21-8)20-16(24)19-11-5-6-13(17)12(7-11)15(23)18-10-3-4-10/h5-7,10H,3-4H2,1-2H3,(H,18,23)(H,21,22)(H2,19,20,24). The predicted octanol–water partition coefficient (Wildman–Crippen LogP) is 3.22. The Balaban J connectivity index is 1.70. The van der Waals surface area contributed by atoms with E-state index in [1.807, 2.05) is 6.92 Å². The minimum atomic E-state index is -0.418. The summed E-state index contributed by atoms with van der Waals surface area (Å²) in [6.07, 6.45) is 1.99. The van der Waals surface area contributed by atoms with Crippen LogP contribution in [0.25, 0.3) is 0 Å². The molecule has 0 bridgehead atoms. The van der Waals surface area contributed by atoms with E-state index in [9.17, 15) is 9.59 Å². The van der Waals surface area contributed by atoms with Crippen LogP contribution in [-0.4, -0.2) is 28.2 Å². The topological polar surface area (TPSA) is 98.9 Å². The van der Waals surface area contributed by atoms with Gasteiger partial charge in [-0.15, -0.1) is 0 Å². The van der Waals surface area contributed by atoms with E-state index in [0.717, 1.165) is 18.5 Å². The fourth-order valence-electron chi connectivity index (χ4n) is 2.28. The second kappa shape index (κ2) is 6.52. The number of anilines is 2. The number of carbonyl (C=O) groups is 2. The van der Waals surface area contributed by atoms with Crippen LogP contribution in [0.2, 0.25) is 5.02 Å². The highest BCUT2D eigenvalue weighted by Crippen LogP contribution is 2.24. The lowest BCUT2D eigenvalue weighted by atomic mass is 10.2. The molecule has 3 rings (SSSR count). The number of carbonyl (C=O) groups excluding carboxylic acids is 2. The zero-order valence-corrected chi connectivity index (χ0v) is 14.1. The van der Waals surface area contributed by atoms with Gasteiger partial charge >= 0.3 is 6.03 Å². The highest BCUT2D eigenvalue weighted by Gasteiger charge is 2.25. The van der Waals surface area contributed by atoms with Gasteiger partial charge in [-0.2, -0.15) is 5.10 Å². The Labute approximate surface area is 144 Å². The lowest BCUT2D eigenvalue weighted by molar-refractivity contribution is 0.0951. The molecule has 126 valence electrons. The molecule has 0 unspecified atom stereocenters. The van der Waals surface area contributed by atoms with E-state index >= 15 is 0 Å². The Morgan fingerprint density at radius 1 is 1.25 bits per heavy atom. The Bertz CT molecular complexity index is 778. The van der Waals surface area contributed by atoms with Crippen LogP contribution in [0.5, 0.6) is 0 Å². The van der Waals surface area contributed by atoms with E-state index in [1.165, 1.54) is 0 Å². The normalized spacial score (nSPS) is 13.5. The third-order valence-electron chi connectivity index (χ3n) is 3.75. The summed E-state index contributed by atoms with van der Waals surface area (Å²) in [6, 6.07) is 4.62. The molecule has 1 heterocycles. The lowest BCUT2D eigenvalue weighted by Gasteiger charge is -2.10. The predicted molar refractivity (Wildman–Crippen MR) is 92.6 cm³/mol. The van der Waals surface area contributed by atoms with Gasteiger partial charge in [0.25, 0.3) is 5.91 Å². The van der Waals surface area contributed by atoms with E-state index < -0.39 is 6.03 Å². The van der Waals surface area contributed by atoms with Gasteiger partial charge in [-0.1, -0.05) is 11.6 Å². The molecule has 1 aromatic carbocycles. The van der Waals surface area contributed by atoms with E-state index in [1.54, 1.807) is 25.1 Å². The third kappa shape index (κ3) is 3.68. The zero-order chi connectivity index (χ0) is 17.3. The minimum absolute atomic E-state index is 0.229. The third-order valence-corrected chi connectivity index (χ3v) is 4.08. The number of urea groups is 1. The molecule has 2 aromatic rings. The molecule has 0 saturated heterocycles. The van der Waals surface area contributed by atoms with Crippen LogP contribution in [0.4, 0.5) is 16.2 Å². The number of H-pyrrole nitrogens is 1. The molecule has 3 amide bonds. The van der Waals surface area contributed by atoms with E-state index in [4.69, 9.17) is 11.6 Å². The molecule has 1 aromatic heterocycles. The Hall–Kier alpha value is -2.54. The second-order valence-electron chi connectivity index (χ2n) is 5.83. The minimum Gasteiger partial charge on any atom is -0.349 e. The van der Waals surface area contributed by atoms with Crippen molar-refractivity contribution < 1.29 is 9.59 Å². The number of amides is 3. The van der Waals surface area contributed by atoms with Gasteiger partial charge in [0, 0.05) is 11.7 Å². The molecule has 1 aliphatic rings. The van der Waals surface area contributed by atoms with Crippen LogP contribution in [0.3, 0.4) is 0 Å². The van der Waals surface area contributed by atoms with Gasteiger partial charge in [-0.05, 0) is 44.9 Å². The number of hydrogen-bond acceptors (Lipinski definition) is 3. The van der Waals surface area contributed by atoms with Gasteiger partial charge in [0.15, 0.2) is 0 Å². The first-order valence-electron chi connectivity index (χ1n) is 7.64. The summed E-state index contributed by atoms with van der Waals surface area (Å²) in [5, 5.41) is 15.5. The van der Waals surface area contributed by atoms with Crippen molar-refractivity contribution >= 4 is 34.9 Å². The van der Waals surface area contributed by atoms with Crippen molar-refractivity contribution in [3.8, 4) is 0 Å². The van der Waals surface area contributed by atoms with Crippen molar-refractivity contribution in [1.82, 2.24) is 15.5 Å². The van der Waals surface area contributed by atoms with Gasteiger partial charge in [0.2, 0.25) is 0 Å². The maximum atomic E-state index is 12.2. The molecule has 1 saturated carbocycles. The maximum Gasteiger partial charge on any atom is 0.323 e. The molecule has 4 N–H and O–H groups in total. The fraction of sp³-hybridized carbons (Fsp3) is 0.312. The molecular weight excluding hydrogens is 330 g/mol. The second-order valence-corrected chi connectivity index (χ2v) is 6.24. The summed E-state index contributed by atoms with van der Waals surface area (Å²) in [7, 11) is 0. The average Bonchev–Trinajstić information content (AvgIpc) is 3.30. The molecular formula is C16H18ClN5O2. The van der Waals surface area contributed by atoms with Gasteiger partial charge < -0.3 is 16.0 Å². The molecule has 0 radical (unpaired) electrons. The number of nitrogens with one attached hydrogen (secondary N) is 4. The van der Waals surface area contributed by atoms with Gasteiger partial charge in [-0.25, -0.2) is 4.79 Å². The molecule has 7 nitrogen and oxygen atoms in total. The van der Waals surface area contributed by atoms with Crippen LogP contribution in [0, 0.1) is 13.8 Å². The van der Waals surface area contributed by atoms with Crippen molar-refractivity contribution in [2.45, 2.75) is 32.7 Å². The molecule has 0 spiro atoms. The number of benzene rings is 1. The van der Waals surface area contributed by atoms with Gasteiger partial charge in [0.05, 0.1) is 27.7 Å². The fourth-order valence-corrected chi connectivity index (χ4v) is 2.48. The average molecular weight is 348 g/mol. The summed E-state index contributed by atoms with van der Waals surface area (Å²) in [4.78, 5) is 24.3. The number of aryl methyl sites for hydroxylation is 2. The highest BCUT2D eigenvalue weighted by molar-refractivity contribution is 6.34. The SMILES string of the molecule is Cc1n[nH]c(C)c1NC(=O)Nc1ccc(Cl)c(C(=O)NC2CC2)c1. The molecule has 24 heavy (non-hydrogen) atoms. The maximum absolute atomic E-state index is 12.2. The Morgan fingerprint density at radius 2 is 2.00 bits per heavy atom. The quantitative estimate of drug-likeness (QED) is 0.683. The van der Waals surface area contributed by atoms with E-state index in [2.05, 4.69) is 26.1 Å². The van der Waals surface area contributed by atoms with Crippen LogP contribution < -0.4 is 16.0 Å². The largest absolute Gasteiger partial charge is 0.349 e. The molecule has 1 fully saturated rings. The molecule has 8 heteroatoms. The summed E-state index contributed by atoms with van der Waals surface area (Å²) in [5.74, 6) is -0.229. The Kier molecular flexibility index (Phi) is 4.44.